The van der Waals surface area contributed by atoms with E-state index in [4.69, 9.17) is 5.73 Å². The molecule has 0 saturated carbocycles. The van der Waals surface area contributed by atoms with E-state index < -0.39 is 0 Å². The predicted molar refractivity (Wildman–Crippen MR) is 116 cm³/mol. The van der Waals surface area contributed by atoms with Gasteiger partial charge < -0.3 is 10.6 Å². The van der Waals surface area contributed by atoms with Crippen molar-refractivity contribution >= 4 is 41.8 Å². The Labute approximate surface area is 176 Å². The molecule has 3 heterocycles. The molecule has 4 rings (SSSR count). The van der Waals surface area contributed by atoms with Crippen LogP contribution in [0.1, 0.15) is 33.2 Å². The first-order valence-electron chi connectivity index (χ1n) is 8.86. The zero-order valence-electron chi connectivity index (χ0n) is 16.1. The summed E-state index contributed by atoms with van der Waals surface area (Å²) < 4.78 is 1.75. The Kier molecular flexibility index (Phi) is 6.70. The lowest BCUT2D eigenvalue weighted by Gasteiger charge is -2.17. The van der Waals surface area contributed by atoms with E-state index >= 15 is 0 Å². The maximum atomic E-state index is 13.2. The van der Waals surface area contributed by atoms with Crippen LogP contribution in [-0.2, 0) is 7.05 Å². The first kappa shape index (κ1) is 22.1. The second-order valence-electron chi connectivity index (χ2n) is 7.09. The van der Waals surface area contributed by atoms with Crippen molar-refractivity contribution in [2.45, 2.75) is 25.8 Å². The molecule has 1 aromatic carbocycles. The fraction of sp³-hybridized carbons (Fsp3) is 0.350. The van der Waals surface area contributed by atoms with Gasteiger partial charge >= 0.3 is 0 Å². The molecule has 1 aliphatic rings. The molecule has 1 amide bonds. The third-order valence-electron chi connectivity index (χ3n) is 5.30. The Bertz CT molecular complexity index is 989. The van der Waals surface area contributed by atoms with Crippen molar-refractivity contribution in [3.8, 4) is 0 Å². The standard InChI is InChI=1S/C20H23N5O.2ClH/c1-12-16(9-15-13(2)23-24(3)19(15)22-12)20(26)25-10-17(18(21)11-25)14-7-5-4-6-8-14;;/h4-9,17-18H,10-11,21H2,1-3H3;2*1H/t17-,18+;;/m0../s1. The molecule has 8 heteroatoms. The minimum Gasteiger partial charge on any atom is -0.336 e. The zero-order valence-corrected chi connectivity index (χ0v) is 17.8. The van der Waals surface area contributed by atoms with E-state index in [9.17, 15) is 4.79 Å². The van der Waals surface area contributed by atoms with Crippen LogP contribution in [0.3, 0.4) is 0 Å². The highest BCUT2D eigenvalue weighted by Crippen LogP contribution is 2.28. The third kappa shape index (κ3) is 3.72. The van der Waals surface area contributed by atoms with E-state index in [1.807, 2.05) is 50.1 Å². The normalized spacial score (nSPS) is 18.6. The number of hydrogen-bond donors (Lipinski definition) is 1. The molecule has 150 valence electrons. The zero-order chi connectivity index (χ0) is 18.4. The van der Waals surface area contributed by atoms with Crippen LogP contribution in [0.4, 0.5) is 0 Å². The average molecular weight is 422 g/mol. The Balaban J connectivity index is 0.00000140. The maximum absolute atomic E-state index is 13.2. The SMILES string of the molecule is Cc1nc2c(cc1C(=O)N1C[C@@H](N)[C@H](c3ccccc3)C1)c(C)nn2C.Cl.Cl. The number of benzene rings is 1. The molecular formula is C20H25Cl2N5O. The molecule has 28 heavy (non-hydrogen) atoms. The molecule has 2 atom stereocenters. The number of carbonyl (C=O) groups excluding carboxylic acids is 1. The van der Waals surface area contributed by atoms with Crippen molar-refractivity contribution in [3.05, 3.63) is 58.9 Å². The van der Waals surface area contributed by atoms with Crippen molar-refractivity contribution < 1.29 is 4.79 Å². The highest BCUT2D eigenvalue weighted by Gasteiger charge is 2.35. The van der Waals surface area contributed by atoms with Gasteiger partial charge in [0.1, 0.15) is 0 Å². The summed E-state index contributed by atoms with van der Waals surface area (Å²) >= 11 is 0. The highest BCUT2D eigenvalue weighted by molar-refractivity contribution is 5.99. The number of carbonyl (C=O) groups is 1. The topological polar surface area (TPSA) is 77.0 Å². The number of halogens is 2. The van der Waals surface area contributed by atoms with Crippen LogP contribution < -0.4 is 5.73 Å². The van der Waals surface area contributed by atoms with Gasteiger partial charge in [0.05, 0.1) is 17.0 Å². The van der Waals surface area contributed by atoms with E-state index in [2.05, 4.69) is 22.2 Å². The summed E-state index contributed by atoms with van der Waals surface area (Å²) in [5.74, 6) is 0.159. The minimum absolute atomic E-state index is 0. The Hall–Kier alpha value is -2.15. The van der Waals surface area contributed by atoms with Crippen molar-refractivity contribution in [2.24, 2.45) is 12.8 Å². The molecule has 2 aromatic heterocycles. The van der Waals surface area contributed by atoms with Gasteiger partial charge in [0, 0.05) is 37.5 Å². The van der Waals surface area contributed by atoms with Crippen LogP contribution in [-0.4, -0.2) is 44.7 Å². The third-order valence-corrected chi connectivity index (χ3v) is 5.30. The predicted octanol–water partition coefficient (Wildman–Crippen LogP) is 3.00. The number of rotatable bonds is 2. The van der Waals surface area contributed by atoms with Gasteiger partial charge in [-0.05, 0) is 25.5 Å². The number of hydrogen-bond acceptors (Lipinski definition) is 4. The van der Waals surface area contributed by atoms with E-state index in [1.54, 1.807) is 4.68 Å². The molecule has 6 nitrogen and oxygen atoms in total. The summed E-state index contributed by atoms with van der Waals surface area (Å²) in [6, 6.07) is 12.0. The van der Waals surface area contributed by atoms with Crippen molar-refractivity contribution in [1.82, 2.24) is 19.7 Å². The van der Waals surface area contributed by atoms with Gasteiger partial charge in [0.2, 0.25) is 0 Å². The van der Waals surface area contributed by atoms with Gasteiger partial charge in [0.15, 0.2) is 5.65 Å². The van der Waals surface area contributed by atoms with E-state index in [-0.39, 0.29) is 42.7 Å². The highest BCUT2D eigenvalue weighted by atomic mass is 35.5. The van der Waals surface area contributed by atoms with Gasteiger partial charge in [-0.1, -0.05) is 30.3 Å². The molecule has 1 fully saturated rings. The van der Waals surface area contributed by atoms with Gasteiger partial charge in [0.25, 0.3) is 5.91 Å². The lowest BCUT2D eigenvalue weighted by molar-refractivity contribution is 0.0788. The number of aryl methyl sites for hydroxylation is 3. The fourth-order valence-corrected chi connectivity index (χ4v) is 3.87. The van der Waals surface area contributed by atoms with E-state index in [1.165, 1.54) is 5.56 Å². The molecule has 0 unspecified atom stereocenters. The monoisotopic (exact) mass is 421 g/mol. The van der Waals surface area contributed by atoms with Crippen LogP contribution in [0.25, 0.3) is 11.0 Å². The van der Waals surface area contributed by atoms with Crippen LogP contribution in [0.5, 0.6) is 0 Å². The van der Waals surface area contributed by atoms with E-state index in [0.717, 1.165) is 22.4 Å². The Morgan fingerprint density at radius 3 is 2.46 bits per heavy atom. The number of nitrogens with two attached hydrogens (primary N) is 1. The van der Waals surface area contributed by atoms with Gasteiger partial charge in [-0.3, -0.25) is 9.48 Å². The second-order valence-corrected chi connectivity index (χ2v) is 7.09. The summed E-state index contributed by atoms with van der Waals surface area (Å²) in [6.07, 6.45) is 0. The summed E-state index contributed by atoms with van der Waals surface area (Å²) in [7, 11) is 1.87. The number of amides is 1. The van der Waals surface area contributed by atoms with Crippen molar-refractivity contribution in [3.63, 3.8) is 0 Å². The molecule has 0 aliphatic carbocycles. The van der Waals surface area contributed by atoms with Crippen molar-refractivity contribution in [1.29, 1.82) is 0 Å². The molecule has 0 radical (unpaired) electrons. The van der Waals surface area contributed by atoms with Crippen LogP contribution in [0, 0.1) is 13.8 Å². The minimum atomic E-state index is -0.0570. The summed E-state index contributed by atoms with van der Waals surface area (Å²) in [6.45, 7) is 5.00. The number of likely N-dealkylation sites (tertiary alicyclic amines) is 1. The quantitative estimate of drug-likeness (QED) is 0.689. The smallest absolute Gasteiger partial charge is 0.255 e. The van der Waals surface area contributed by atoms with Crippen LogP contribution >= 0.6 is 24.8 Å². The first-order chi connectivity index (χ1) is 12.5. The average Bonchev–Trinajstić information content (AvgIpc) is 3.15. The first-order valence-corrected chi connectivity index (χ1v) is 8.86. The van der Waals surface area contributed by atoms with Gasteiger partial charge in [-0.15, -0.1) is 24.8 Å². The lowest BCUT2D eigenvalue weighted by atomic mass is 9.95. The maximum Gasteiger partial charge on any atom is 0.255 e. The van der Waals surface area contributed by atoms with Gasteiger partial charge in [-0.2, -0.15) is 5.10 Å². The summed E-state index contributed by atoms with van der Waals surface area (Å²) in [5, 5.41) is 5.32. The summed E-state index contributed by atoms with van der Waals surface area (Å²) in [4.78, 5) is 19.6. The molecule has 3 aromatic rings. The number of fused-ring (bicyclic) bond motifs is 1. The largest absolute Gasteiger partial charge is 0.336 e. The molecule has 1 saturated heterocycles. The molecule has 2 N–H and O–H groups in total. The molecule has 1 aliphatic heterocycles. The molecule has 0 bridgehead atoms. The van der Waals surface area contributed by atoms with E-state index in [0.29, 0.717) is 18.7 Å². The lowest BCUT2D eigenvalue weighted by Crippen LogP contribution is -2.32. The molecule has 0 spiro atoms. The molecular weight excluding hydrogens is 397 g/mol. The number of pyridine rings is 1. The number of nitrogens with zero attached hydrogens (tertiary/aromatic N) is 4. The van der Waals surface area contributed by atoms with Crippen LogP contribution in [0.15, 0.2) is 36.4 Å². The van der Waals surface area contributed by atoms with Crippen LogP contribution in [0.2, 0.25) is 0 Å². The Morgan fingerprint density at radius 2 is 1.79 bits per heavy atom. The second kappa shape index (κ2) is 8.47. The Morgan fingerprint density at radius 1 is 1.11 bits per heavy atom. The number of aromatic nitrogens is 3. The van der Waals surface area contributed by atoms with Gasteiger partial charge in [-0.25, -0.2) is 4.98 Å². The summed E-state index contributed by atoms with van der Waals surface area (Å²) in [5.41, 5.74) is 10.6. The van der Waals surface area contributed by atoms with Crippen molar-refractivity contribution in [2.75, 3.05) is 13.1 Å². The fourth-order valence-electron chi connectivity index (χ4n) is 3.87.